The Morgan fingerprint density at radius 3 is 2.55 bits per heavy atom. The quantitative estimate of drug-likeness (QED) is 0.398. The fourth-order valence-electron chi connectivity index (χ4n) is 3.24. The average Bonchev–Trinajstić information content (AvgIpc) is 3.18. The van der Waals surface area contributed by atoms with Crippen LogP contribution in [-0.4, -0.2) is 48.2 Å². The Balaban J connectivity index is 2.03. The van der Waals surface area contributed by atoms with E-state index in [-0.39, 0.29) is 5.91 Å². The van der Waals surface area contributed by atoms with Crippen molar-refractivity contribution < 1.29 is 4.79 Å². The van der Waals surface area contributed by atoms with E-state index in [9.17, 15) is 4.79 Å². The van der Waals surface area contributed by atoms with E-state index in [2.05, 4.69) is 18.7 Å². The van der Waals surface area contributed by atoms with Crippen LogP contribution in [0.25, 0.3) is 10.2 Å². The summed E-state index contributed by atoms with van der Waals surface area (Å²) < 4.78 is 1.04. The molecule has 0 N–H and O–H groups in total. The minimum absolute atomic E-state index is 0.00934. The maximum Gasteiger partial charge on any atom is 0.261 e. The number of carbonyl (C=O) groups is 1. The lowest BCUT2D eigenvalue weighted by atomic mass is 10.2. The molecular formula is C22H26ClN3OS2. The van der Waals surface area contributed by atoms with Crippen molar-refractivity contribution in [1.82, 2.24) is 9.88 Å². The average molecular weight is 448 g/mol. The van der Waals surface area contributed by atoms with Crippen molar-refractivity contribution in [2.75, 3.05) is 37.3 Å². The second-order valence-electron chi connectivity index (χ2n) is 6.70. The Labute approximate surface area is 185 Å². The monoisotopic (exact) mass is 447 g/mol. The van der Waals surface area contributed by atoms with Crippen molar-refractivity contribution in [2.24, 2.45) is 0 Å². The van der Waals surface area contributed by atoms with E-state index in [0.717, 1.165) is 45.4 Å². The van der Waals surface area contributed by atoms with E-state index >= 15 is 0 Å². The first-order chi connectivity index (χ1) is 14.0. The Bertz CT molecular complexity index is 1000. The molecule has 0 fully saturated rings. The molecule has 0 bridgehead atoms. The minimum Gasteiger partial charge on any atom is -0.302 e. The number of halogens is 1. The third-order valence-corrected chi connectivity index (χ3v) is 7.33. The van der Waals surface area contributed by atoms with E-state index in [1.165, 1.54) is 0 Å². The third kappa shape index (κ3) is 4.77. The van der Waals surface area contributed by atoms with E-state index in [4.69, 9.17) is 16.6 Å². The van der Waals surface area contributed by atoms with Gasteiger partial charge in [-0.25, -0.2) is 4.98 Å². The normalized spacial score (nSPS) is 11.4. The zero-order chi connectivity index (χ0) is 21.0. The number of amides is 1. The van der Waals surface area contributed by atoms with Gasteiger partial charge in [0, 0.05) is 23.0 Å². The number of carbonyl (C=O) groups excluding carboxylic acids is 1. The van der Waals surface area contributed by atoms with Crippen LogP contribution in [0.5, 0.6) is 0 Å². The van der Waals surface area contributed by atoms with Crippen molar-refractivity contribution in [3.63, 3.8) is 0 Å². The first kappa shape index (κ1) is 22.1. The maximum atomic E-state index is 13.6. The van der Waals surface area contributed by atoms with Crippen LogP contribution in [0.4, 0.5) is 5.13 Å². The van der Waals surface area contributed by atoms with Gasteiger partial charge in [-0.3, -0.25) is 9.69 Å². The second kappa shape index (κ2) is 9.94. The summed E-state index contributed by atoms with van der Waals surface area (Å²) >= 11 is 9.42. The van der Waals surface area contributed by atoms with Crippen molar-refractivity contribution in [2.45, 2.75) is 25.7 Å². The van der Waals surface area contributed by atoms with Gasteiger partial charge in [0.05, 0.1) is 15.8 Å². The number of anilines is 1. The minimum atomic E-state index is -0.00934. The van der Waals surface area contributed by atoms with Gasteiger partial charge >= 0.3 is 0 Å². The van der Waals surface area contributed by atoms with Crippen LogP contribution in [0.3, 0.4) is 0 Å². The van der Waals surface area contributed by atoms with Gasteiger partial charge in [-0.05, 0) is 56.1 Å². The largest absolute Gasteiger partial charge is 0.302 e. The Morgan fingerprint density at radius 1 is 1.14 bits per heavy atom. The van der Waals surface area contributed by atoms with Crippen LogP contribution >= 0.6 is 34.7 Å². The standard InChI is InChI=1S/C22H26ClN3OS2/c1-5-25(6-2)13-14-26(21(27)16-9-7-8-10-18(16)28-4)22-24-20-15(3)17(23)11-12-19(20)29-22/h7-12H,5-6,13-14H2,1-4H3. The van der Waals surface area contributed by atoms with E-state index < -0.39 is 0 Å². The zero-order valence-corrected chi connectivity index (χ0v) is 19.6. The number of nitrogens with zero attached hydrogens (tertiary/aromatic N) is 3. The maximum absolute atomic E-state index is 13.6. The van der Waals surface area contributed by atoms with Gasteiger partial charge in [0.2, 0.25) is 0 Å². The first-order valence-corrected chi connectivity index (χ1v) is 12.1. The number of benzene rings is 2. The number of aryl methyl sites for hydroxylation is 1. The molecule has 29 heavy (non-hydrogen) atoms. The van der Waals surface area contributed by atoms with Gasteiger partial charge in [0.15, 0.2) is 5.13 Å². The van der Waals surface area contributed by atoms with Gasteiger partial charge in [-0.1, -0.05) is 48.9 Å². The molecule has 154 valence electrons. The van der Waals surface area contributed by atoms with Gasteiger partial charge in [-0.15, -0.1) is 11.8 Å². The van der Waals surface area contributed by atoms with Crippen molar-refractivity contribution in [3.8, 4) is 0 Å². The highest BCUT2D eigenvalue weighted by atomic mass is 35.5. The highest BCUT2D eigenvalue weighted by molar-refractivity contribution is 7.98. The zero-order valence-electron chi connectivity index (χ0n) is 17.2. The number of rotatable bonds is 8. The molecule has 0 atom stereocenters. The molecule has 0 unspecified atom stereocenters. The third-order valence-electron chi connectivity index (χ3n) is 5.08. The van der Waals surface area contributed by atoms with Crippen molar-refractivity contribution in [3.05, 3.63) is 52.5 Å². The fourth-order valence-corrected chi connectivity index (χ4v) is 5.03. The fraction of sp³-hybridized carbons (Fsp3) is 0.364. The Morgan fingerprint density at radius 2 is 1.86 bits per heavy atom. The number of thioether (sulfide) groups is 1. The molecule has 0 radical (unpaired) electrons. The summed E-state index contributed by atoms with van der Waals surface area (Å²) in [4.78, 5) is 23.5. The first-order valence-electron chi connectivity index (χ1n) is 9.73. The number of thiazole rings is 1. The summed E-state index contributed by atoms with van der Waals surface area (Å²) in [7, 11) is 0. The molecule has 1 heterocycles. The molecule has 0 aliphatic heterocycles. The number of fused-ring (bicyclic) bond motifs is 1. The summed E-state index contributed by atoms with van der Waals surface area (Å²) in [5, 5.41) is 1.42. The predicted molar refractivity (Wildman–Crippen MR) is 127 cm³/mol. The van der Waals surface area contributed by atoms with Crippen LogP contribution < -0.4 is 4.90 Å². The molecule has 0 saturated heterocycles. The Kier molecular flexibility index (Phi) is 7.57. The number of likely N-dealkylation sites (N-methyl/N-ethyl adjacent to an activating group) is 1. The molecule has 3 aromatic rings. The summed E-state index contributed by atoms with van der Waals surface area (Å²) in [6, 6.07) is 11.6. The second-order valence-corrected chi connectivity index (χ2v) is 8.96. The Hall–Kier alpha value is -1.60. The molecule has 7 heteroatoms. The summed E-state index contributed by atoms with van der Waals surface area (Å²) in [6.07, 6.45) is 2.00. The predicted octanol–water partition coefficient (Wildman–Crippen LogP) is 5.97. The van der Waals surface area contributed by atoms with Gasteiger partial charge in [-0.2, -0.15) is 0 Å². The lowest BCUT2D eigenvalue weighted by Gasteiger charge is -2.25. The van der Waals surface area contributed by atoms with E-state index in [1.54, 1.807) is 23.1 Å². The van der Waals surface area contributed by atoms with E-state index in [1.807, 2.05) is 54.5 Å². The molecule has 2 aromatic carbocycles. The van der Waals surface area contributed by atoms with Gasteiger partial charge in [0.1, 0.15) is 0 Å². The highest BCUT2D eigenvalue weighted by Crippen LogP contribution is 2.34. The molecule has 0 saturated carbocycles. The van der Waals surface area contributed by atoms with Crippen LogP contribution in [0, 0.1) is 6.92 Å². The van der Waals surface area contributed by atoms with E-state index in [0.29, 0.717) is 17.1 Å². The number of hydrogen-bond acceptors (Lipinski definition) is 5. The lowest BCUT2D eigenvalue weighted by molar-refractivity contribution is 0.0981. The van der Waals surface area contributed by atoms with Gasteiger partial charge < -0.3 is 4.90 Å². The highest BCUT2D eigenvalue weighted by Gasteiger charge is 2.24. The molecule has 1 amide bonds. The molecule has 0 aliphatic carbocycles. The van der Waals surface area contributed by atoms with Crippen LogP contribution in [0.15, 0.2) is 41.3 Å². The molecule has 0 aliphatic rings. The molecule has 3 rings (SSSR count). The molecular weight excluding hydrogens is 422 g/mol. The van der Waals surface area contributed by atoms with Crippen LogP contribution in [0.2, 0.25) is 5.02 Å². The summed E-state index contributed by atoms with van der Waals surface area (Å²) in [5.74, 6) is -0.00934. The van der Waals surface area contributed by atoms with Crippen molar-refractivity contribution in [1.29, 1.82) is 0 Å². The van der Waals surface area contributed by atoms with Crippen LogP contribution in [0.1, 0.15) is 29.8 Å². The van der Waals surface area contributed by atoms with Gasteiger partial charge in [0.25, 0.3) is 5.91 Å². The molecule has 0 spiro atoms. The molecule has 1 aromatic heterocycles. The number of aromatic nitrogens is 1. The van der Waals surface area contributed by atoms with Crippen molar-refractivity contribution >= 4 is 56.0 Å². The number of hydrogen-bond donors (Lipinski definition) is 0. The van der Waals surface area contributed by atoms with Crippen LogP contribution in [-0.2, 0) is 0 Å². The summed E-state index contributed by atoms with van der Waals surface area (Å²) in [5.41, 5.74) is 2.54. The lowest BCUT2D eigenvalue weighted by Crippen LogP contribution is -2.39. The topological polar surface area (TPSA) is 36.4 Å². The smallest absolute Gasteiger partial charge is 0.261 e. The summed E-state index contributed by atoms with van der Waals surface area (Å²) in [6.45, 7) is 9.55. The molecule has 4 nitrogen and oxygen atoms in total. The SMILES string of the molecule is CCN(CC)CCN(C(=O)c1ccccc1SC)c1nc2c(C)c(Cl)ccc2s1.